The Morgan fingerprint density at radius 2 is 2.33 bits per heavy atom. The number of rotatable bonds is 5. The van der Waals surface area contributed by atoms with E-state index >= 15 is 0 Å². The van der Waals surface area contributed by atoms with Crippen LogP contribution in [0, 0.1) is 5.82 Å². The molecule has 0 spiro atoms. The van der Waals surface area contributed by atoms with Crippen molar-refractivity contribution < 1.29 is 9.13 Å². The van der Waals surface area contributed by atoms with E-state index in [4.69, 9.17) is 4.74 Å². The molecule has 2 aromatic rings. The molecule has 3 nitrogen and oxygen atoms in total. The standard InChI is InChI=1S/C13H15FN2OS/c1-9(15-2)12-5-10(14)3-4-13(12)17-7-11-6-16-8-18-11/h3-6,8-9,15H,7H2,1-2H3. The molecule has 0 aliphatic carbocycles. The van der Waals surface area contributed by atoms with E-state index in [0.29, 0.717) is 12.4 Å². The van der Waals surface area contributed by atoms with Crippen LogP contribution in [0.4, 0.5) is 4.39 Å². The Balaban J connectivity index is 2.16. The highest BCUT2D eigenvalue weighted by molar-refractivity contribution is 7.09. The van der Waals surface area contributed by atoms with Gasteiger partial charge in [0.15, 0.2) is 0 Å². The highest BCUT2D eigenvalue weighted by Gasteiger charge is 2.11. The molecule has 5 heteroatoms. The van der Waals surface area contributed by atoms with Crippen molar-refractivity contribution >= 4 is 11.3 Å². The van der Waals surface area contributed by atoms with Gasteiger partial charge in [-0.3, -0.25) is 4.98 Å². The molecule has 0 amide bonds. The zero-order valence-electron chi connectivity index (χ0n) is 10.3. The fraction of sp³-hybridized carbons (Fsp3) is 0.308. The largest absolute Gasteiger partial charge is 0.488 e. The molecule has 0 saturated heterocycles. The summed E-state index contributed by atoms with van der Waals surface area (Å²) in [5.41, 5.74) is 2.59. The molecule has 0 radical (unpaired) electrons. The summed E-state index contributed by atoms with van der Waals surface area (Å²) < 4.78 is 19.0. The van der Waals surface area contributed by atoms with Crippen molar-refractivity contribution in [2.24, 2.45) is 0 Å². The first-order valence-corrected chi connectivity index (χ1v) is 6.55. The Kier molecular flexibility index (Phi) is 4.28. The summed E-state index contributed by atoms with van der Waals surface area (Å²) in [6, 6.07) is 4.62. The second-order valence-corrected chi connectivity index (χ2v) is 4.92. The van der Waals surface area contributed by atoms with E-state index in [-0.39, 0.29) is 11.9 Å². The monoisotopic (exact) mass is 266 g/mol. The molecule has 0 bridgehead atoms. The third kappa shape index (κ3) is 3.05. The summed E-state index contributed by atoms with van der Waals surface area (Å²) in [5, 5.41) is 3.09. The first-order chi connectivity index (χ1) is 8.70. The summed E-state index contributed by atoms with van der Waals surface area (Å²) in [5.74, 6) is 0.448. The van der Waals surface area contributed by atoms with Crippen LogP contribution in [-0.4, -0.2) is 12.0 Å². The van der Waals surface area contributed by atoms with Gasteiger partial charge < -0.3 is 10.1 Å². The molecule has 1 N–H and O–H groups in total. The first kappa shape index (κ1) is 13.0. The van der Waals surface area contributed by atoms with Gasteiger partial charge in [0.2, 0.25) is 0 Å². The topological polar surface area (TPSA) is 34.1 Å². The van der Waals surface area contributed by atoms with Crippen LogP contribution in [-0.2, 0) is 6.61 Å². The number of benzene rings is 1. The number of nitrogens with zero attached hydrogens (tertiary/aromatic N) is 1. The smallest absolute Gasteiger partial charge is 0.124 e. The van der Waals surface area contributed by atoms with E-state index in [0.717, 1.165) is 10.4 Å². The number of thiazole rings is 1. The lowest BCUT2D eigenvalue weighted by Gasteiger charge is -2.16. The second-order valence-electron chi connectivity index (χ2n) is 3.95. The second kappa shape index (κ2) is 5.93. The van der Waals surface area contributed by atoms with Crippen molar-refractivity contribution in [2.45, 2.75) is 19.6 Å². The van der Waals surface area contributed by atoms with E-state index in [2.05, 4.69) is 10.3 Å². The molecule has 0 aliphatic heterocycles. The van der Waals surface area contributed by atoms with Crippen molar-refractivity contribution in [3.8, 4) is 5.75 Å². The predicted molar refractivity (Wildman–Crippen MR) is 70.3 cm³/mol. The van der Waals surface area contributed by atoms with Crippen LogP contribution in [0.3, 0.4) is 0 Å². The van der Waals surface area contributed by atoms with Gasteiger partial charge in [0.05, 0.1) is 10.4 Å². The number of halogens is 1. The third-order valence-corrected chi connectivity index (χ3v) is 3.48. The average Bonchev–Trinajstić information content (AvgIpc) is 2.89. The minimum absolute atomic E-state index is 0.0390. The highest BCUT2D eigenvalue weighted by Crippen LogP contribution is 2.26. The number of nitrogens with one attached hydrogen (secondary N) is 1. The Hall–Kier alpha value is -1.46. The third-order valence-electron chi connectivity index (χ3n) is 2.72. The van der Waals surface area contributed by atoms with Crippen molar-refractivity contribution in [2.75, 3.05) is 7.05 Å². The van der Waals surface area contributed by atoms with Crippen molar-refractivity contribution in [1.82, 2.24) is 10.3 Å². The maximum absolute atomic E-state index is 13.3. The minimum Gasteiger partial charge on any atom is -0.488 e. The van der Waals surface area contributed by atoms with Crippen LogP contribution < -0.4 is 10.1 Å². The van der Waals surface area contributed by atoms with Crippen LogP contribution in [0.5, 0.6) is 5.75 Å². The summed E-state index contributed by atoms with van der Waals surface area (Å²) in [6.45, 7) is 2.42. The summed E-state index contributed by atoms with van der Waals surface area (Å²) in [6.07, 6.45) is 1.77. The Morgan fingerprint density at radius 3 is 3.00 bits per heavy atom. The first-order valence-electron chi connectivity index (χ1n) is 5.67. The van der Waals surface area contributed by atoms with Gasteiger partial charge in [-0.25, -0.2) is 4.39 Å². The molecule has 18 heavy (non-hydrogen) atoms. The lowest BCUT2D eigenvalue weighted by Crippen LogP contribution is -2.14. The SMILES string of the molecule is CNC(C)c1cc(F)ccc1OCc1cncs1. The fourth-order valence-electron chi connectivity index (χ4n) is 1.61. The lowest BCUT2D eigenvalue weighted by molar-refractivity contribution is 0.303. The van der Waals surface area contributed by atoms with Crippen LogP contribution in [0.2, 0.25) is 0 Å². The van der Waals surface area contributed by atoms with Gasteiger partial charge >= 0.3 is 0 Å². The number of hydrogen-bond acceptors (Lipinski definition) is 4. The maximum Gasteiger partial charge on any atom is 0.124 e. The Bertz CT molecular complexity index is 502. The lowest BCUT2D eigenvalue weighted by atomic mass is 10.1. The quantitative estimate of drug-likeness (QED) is 0.902. The summed E-state index contributed by atoms with van der Waals surface area (Å²) >= 11 is 1.54. The molecule has 0 saturated carbocycles. The van der Waals surface area contributed by atoms with E-state index < -0.39 is 0 Å². The van der Waals surface area contributed by atoms with Crippen molar-refractivity contribution in [3.63, 3.8) is 0 Å². The molecule has 0 fully saturated rings. The van der Waals surface area contributed by atoms with Crippen molar-refractivity contribution in [3.05, 3.63) is 46.2 Å². The molecular formula is C13H15FN2OS. The number of hydrogen-bond donors (Lipinski definition) is 1. The van der Waals surface area contributed by atoms with Crippen LogP contribution in [0.15, 0.2) is 29.9 Å². The Labute approximate surface area is 110 Å². The van der Waals surface area contributed by atoms with Crippen molar-refractivity contribution in [1.29, 1.82) is 0 Å². The molecule has 1 aromatic carbocycles. The summed E-state index contributed by atoms with van der Waals surface area (Å²) in [4.78, 5) is 5.03. The molecule has 1 heterocycles. The van der Waals surface area contributed by atoms with E-state index in [1.807, 2.05) is 14.0 Å². The molecule has 1 atom stereocenters. The minimum atomic E-state index is -0.253. The molecule has 1 unspecified atom stereocenters. The van der Waals surface area contributed by atoms with E-state index in [1.54, 1.807) is 17.8 Å². The van der Waals surface area contributed by atoms with Crippen LogP contribution in [0.25, 0.3) is 0 Å². The van der Waals surface area contributed by atoms with Crippen LogP contribution in [0.1, 0.15) is 23.4 Å². The molecule has 1 aromatic heterocycles. The molecule has 2 rings (SSSR count). The number of ether oxygens (including phenoxy) is 1. The van der Waals surface area contributed by atoms with E-state index in [9.17, 15) is 4.39 Å². The van der Waals surface area contributed by atoms with Gasteiger partial charge in [-0.2, -0.15) is 0 Å². The molecular weight excluding hydrogens is 251 g/mol. The molecule has 96 valence electrons. The van der Waals surface area contributed by atoms with Gasteiger partial charge in [0.25, 0.3) is 0 Å². The van der Waals surface area contributed by atoms with Gasteiger partial charge in [0, 0.05) is 17.8 Å². The van der Waals surface area contributed by atoms with Gasteiger partial charge in [0.1, 0.15) is 18.2 Å². The van der Waals surface area contributed by atoms with Crippen LogP contribution >= 0.6 is 11.3 Å². The normalized spacial score (nSPS) is 12.4. The Morgan fingerprint density at radius 1 is 1.50 bits per heavy atom. The molecule has 0 aliphatic rings. The predicted octanol–water partition coefficient (Wildman–Crippen LogP) is 3.14. The number of aromatic nitrogens is 1. The highest BCUT2D eigenvalue weighted by atomic mass is 32.1. The zero-order valence-corrected chi connectivity index (χ0v) is 11.1. The summed E-state index contributed by atoms with van der Waals surface area (Å²) in [7, 11) is 1.84. The van der Waals surface area contributed by atoms with Gasteiger partial charge in [-0.05, 0) is 32.2 Å². The maximum atomic E-state index is 13.3. The van der Waals surface area contributed by atoms with Gasteiger partial charge in [-0.1, -0.05) is 0 Å². The average molecular weight is 266 g/mol. The van der Waals surface area contributed by atoms with E-state index in [1.165, 1.54) is 23.5 Å². The fourth-order valence-corrected chi connectivity index (χ4v) is 2.11. The van der Waals surface area contributed by atoms with Gasteiger partial charge in [-0.15, -0.1) is 11.3 Å². The zero-order chi connectivity index (χ0) is 13.0.